The minimum absolute atomic E-state index is 0.0868. The highest BCUT2D eigenvalue weighted by atomic mass is 32.1. The van der Waals surface area contributed by atoms with E-state index >= 15 is 0 Å². The van der Waals surface area contributed by atoms with Crippen LogP contribution in [0.25, 0.3) is 15.3 Å². The largest absolute Gasteiger partial charge is 0.351 e. The lowest BCUT2D eigenvalue weighted by Gasteiger charge is -2.28. The summed E-state index contributed by atoms with van der Waals surface area (Å²) in [6.45, 7) is 2.10. The topological polar surface area (TPSA) is 46.0 Å². The number of aryl methyl sites for hydroxylation is 1. The van der Waals surface area contributed by atoms with Gasteiger partial charge in [-0.15, -0.1) is 0 Å². The molecule has 0 unspecified atom stereocenters. The first kappa shape index (κ1) is 20.1. The second kappa shape index (κ2) is 8.10. The van der Waals surface area contributed by atoms with Crippen LogP contribution in [0.3, 0.4) is 0 Å². The SMILES string of the molecule is Cc1cccc(N2C(=S)N[C@@H](c3ccccn3)[C@@H]2c2cccn2-c2nc3ccccc3s2)c1. The number of nitrogens with one attached hydrogen (secondary N) is 1. The maximum Gasteiger partial charge on any atom is 0.194 e. The predicted octanol–water partition coefficient (Wildman–Crippen LogP) is 5.97. The molecule has 1 aliphatic heterocycles. The number of rotatable bonds is 4. The summed E-state index contributed by atoms with van der Waals surface area (Å²) >= 11 is 7.56. The van der Waals surface area contributed by atoms with E-state index in [2.05, 4.69) is 93.6 Å². The molecule has 5 nitrogen and oxygen atoms in total. The summed E-state index contributed by atoms with van der Waals surface area (Å²) in [5.74, 6) is 0. The molecule has 5 aromatic rings. The van der Waals surface area contributed by atoms with Crippen LogP contribution in [0.4, 0.5) is 5.69 Å². The van der Waals surface area contributed by atoms with E-state index < -0.39 is 0 Å². The summed E-state index contributed by atoms with van der Waals surface area (Å²) in [5, 5.41) is 5.18. The molecule has 2 aromatic carbocycles. The van der Waals surface area contributed by atoms with Gasteiger partial charge in [0.15, 0.2) is 10.2 Å². The monoisotopic (exact) mass is 467 g/mol. The highest BCUT2D eigenvalue weighted by molar-refractivity contribution is 7.80. The molecule has 2 atom stereocenters. The Hall–Kier alpha value is -3.55. The number of fused-ring (bicyclic) bond motifs is 1. The van der Waals surface area contributed by atoms with Gasteiger partial charge >= 0.3 is 0 Å². The molecule has 0 bridgehead atoms. The Morgan fingerprint density at radius 2 is 1.85 bits per heavy atom. The third-order valence-electron chi connectivity index (χ3n) is 5.95. The quantitative estimate of drug-likeness (QED) is 0.330. The fourth-order valence-corrected chi connectivity index (χ4v) is 5.80. The van der Waals surface area contributed by atoms with Crippen molar-refractivity contribution in [2.24, 2.45) is 0 Å². The summed E-state index contributed by atoms with van der Waals surface area (Å²) in [5.41, 5.74) is 5.33. The average Bonchev–Trinajstić information content (AvgIpc) is 3.55. The van der Waals surface area contributed by atoms with Gasteiger partial charge in [0.1, 0.15) is 6.04 Å². The standard InChI is InChI=1S/C26H21N5S2/c1-17-8-6-9-18(16-17)31-24(23(29-25(31)32)20-11-4-5-14-27-20)21-12-7-15-30(21)26-28-19-10-2-3-13-22(19)33-26/h2-16,23-24H,1H3,(H,29,32)/t23-,24-/m0/s1. The van der Waals surface area contributed by atoms with Crippen LogP contribution in [0, 0.1) is 6.92 Å². The van der Waals surface area contributed by atoms with Gasteiger partial charge < -0.3 is 10.2 Å². The van der Waals surface area contributed by atoms with E-state index in [9.17, 15) is 0 Å². The first-order valence-corrected chi connectivity index (χ1v) is 12.0. The number of thiocarbonyl (C=S) groups is 1. The number of thiazole rings is 1. The molecule has 0 saturated carbocycles. The molecule has 0 spiro atoms. The molecular formula is C26H21N5S2. The predicted molar refractivity (Wildman–Crippen MR) is 138 cm³/mol. The van der Waals surface area contributed by atoms with Crippen LogP contribution in [0.1, 0.15) is 29.0 Å². The van der Waals surface area contributed by atoms with Gasteiger partial charge in [-0.3, -0.25) is 9.55 Å². The third-order valence-corrected chi connectivity index (χ3v) is 7.30. The zero-order valence-corrected chi connectivity index (χ0v) is 19.6. The fraction of sp³-hybridized carbons (Fsp3) is 0.115. The Bertz CT molecular complexity index is 1420. The van der Waals surface area contributed by atoms with Crippen molar-refractivity contribution in [3.8, 4) is 5.13 Å². The van der Waals surface area contributed by atoms with Crippen molar-refractivity contribution in [2.45, 2.75) is 19.0 Å². The van der Waals surface area contributed by atoms with Crippen LogP contribution in [-0.4, -0.2) is 19.6 Å². The molecular weight excluding hydrogens is 446 g/mol. The van der Waals surface area contributed by atoms with E-state index in [0.29, 0.717) is 5.11 Å². The molecule has 1 N–H and O–H groups in total. The minimum atomic E-state index is -0.0951. The Morgan fingerprint density at radius 1 is 0.970 bits per heavy atom. The van der Waals surface area contributed by atoms with Gasteiger partial charge in [0.25, 0.3) is 0 Å². The molecule has 33 heavy (non-hydrogen) atoms. The number of hydrogen-bond donors (Lipinski definition) is 1. The molecule has 1 aliphatic rings. The van der Waals surface area contributed by atoms with Crippen LogP contribution in [0.15, 0.2) is 91.3 Å². The molecule has 0 aliphatic carbocycles. The number of pyridine rings is 1. The van der Waals surface area contributed by atoms with E-state index in [1.807, 2.05) is 24.4 Å². The molecule has 0 amide bonds. The van der Waals surface area contributed by atoms with Gasteiger partial charge in [-0.05, 0) is 73.2 Å². The van der Waals surface area contributed by atoms with Crippen LogP contribution in [0.5, 0.6) is 0 Å². The lowest BCUT2D eigenvalue weighted by atomic mass is 10.0. The Kier molecular flexibility index (Phi) is 4.93. The second-order valence-corrected chi connectivity index (χ2v) is 9.50. The number of benzene rings is 2. The van der Waals surface area contributed by atoms with E-state index in [1.165, 1.54) is 10.3 Å². The minimum Gasteiger partial charge on any atom is -0.351 e. The molecule has 162 valence electrons. The number of para-hydroxylation sites is 1. The van der Waals surface area contributed by atoms with Crippen molar-refractivity contribution < 1.29 is 0 Å². The highest BCUT2D eigenvalue weighted by Crippen LogP contribution is 2.42. The molecule has 7 heteroatoms. The van der Waals surface area contributed by atoms with Crippen LogP contribution in [0.2, 0.25) is 0 Å². The van der Waals surface area contributed by atoms with Crippen LogP contribution < -0.4 is 10.2 Å². The van der Waals surface area contributed by atoms with Gasteiger partial charge in [0.2, 0.25) is 0 Å². The number of hydrogen-bond acceptors (Lipinski definition) is 4. The van der Waals surface area contributed by atoms with E-state index in [4.69, 9.17) is 17.2 Å². The normalized spacial score (nSPS) is 18.1. The van der Waals surface area contributed by atoms with E-state index in [-0.39, 0.29) is 12.1 Å². The Morgan fingerprint density at radius 3 is 2.67 bits per heavy atom. The average molecular weight is 468 g/mol. The summed E-state index contributed by atoms with van der Waals surface area (Å²) in [4.78, 5) is 11.8. The third kappa shape index (κ3) is 3.50. The maximum absolute atomic E-state index is 5.87. The maximum atomic E-state index is 5.87. The number of anilines is 1. The summed E-state index contributed by atoms with van der Waals surface area (Å²) in [7, 11) is 0. The van der Waals surface area contributed by atoms with Crippen LogP contribution in [-0.2, 0) is 0 Å². The van der Waals surface area contributed by atoms with Gasteiger partial charge in [0, 0.05) is 18.1 Å². The number of nitrogens with zero attached hydrogens (tertiary/aromatic N) is 4. The number of aromatic nitrogens is 3. The molecule has 3 aromatic heterocycles. The molecule has 0 radical (unpaired) electrons. The van der Waals surface area contributed by atoms with Crippen molar-refractivity contribution in [3.05, 3.63) is 108 Å². The first-order valence-electron chi connectivity index (χ1n) is 10.8. The molecule has 6 rings (SSSR count). The first-order chi connectivity index (χ1) is 16.2. The van der Waals surface area contributed by atoms with Crippen molar-refractivity contribution >= 4 is 44.6 Å². The van der Waals surface area contributed by atoms with Gasteiger partial charge in [-0.25, -0.2) is 4.98 Å². The van der Waals surface area contributed by atoms with Gasteiger partial charge in [-0.2, -0.15) is 0 Å². The van der Waals surface area contributed by atoms with E-state index in [1.54, 1.807) is 11.3 Å². The molecule has 4 heterocycles. The highest BCUT2D eigenvalue weighted by Gasteiger charge is 2.42. The lowest BCUT2D eigenvalue weighted by molar-refractivity contribution is 0.549. The van der Waals surface area contributed by atoms with Crippen molar-refractivity contribution in [1.29, 1.82) is 0 Å². The van der Waals surface area contributed by atoms with E-state index in [0.717, 1.165) is 27.7 Å². The van der Waals surface area contributed by atoms with Gasteiger partial charge in [-0.1, -0.05) is 41.7 Å². The lowest BCUT2D eigenvalue weighted by Crippen LogP contribution is -2.30. The Labute approximate surface area is 201 Å². The van der Waals surface area contributed by atoms with Crippen molar-refractivity contribution in [3.63, 3.8) is 0 Å². The second-order valence-electron chi connectivity index (χ2n) is 8.10. The van der Waals surface area contributed by atoms with Crippen molar-refractivity contribution in [1.82, 2.24) is 19.9 Å². The molecule has 1 fully saturated rings. The zero-order chi connectivity index (χ0) is 22.4. The molecule has 1 saturated heterocycles. The summed E-state index contributed by atoms with van der Waals surface area (Å²) < 4.78 is 3.35. The van der Waals surface area contributed by atoms with Gasteiger partial charge in [0.05, 0.1) is 27.6 Å². The summed E-state index contributed by atoms with van der Waals surface area (Å²) in [6, 6.07) is 26.8. The Balaban J connectivity index is 1.52. The fourth-order valence-electron chi connectivity index (χ4n) is 4.48. The van der Waals surface area contributed by atoms with Crippen LogP contribution >= 0.6 is 23.6 Å². The zero-order valence-electron chi connectivity index (χ0n) is 17.9. The van der Waals surface area contributed by atoms with Crippen molar-refractivity contribution in [2.75, 3.05) is 4.90 Å². The smallest absolute Gasteiger partial charge is 0.194 e. The summed E-state index contributed by atoms with van der Waals surface area (Å²) in [6.07, 6.45) is 3.91.